The van der Waals surface area contributed by atoms with E-state index in [0.717, 1.165) is 127 Å². The van der Waals surface area contributed by atoms with E-state index in [2.05, 4.69) is 237 Å². The summed E-state index contributed by atoms with van der Waals surface area (Å²) in [6.45, 7) is 0. The lowest BCUT2D eigenvalue weighted by Gasteiger charge is -2.16. The van der Waals surface area contributed by atoms with Crippen molar-refractivity contribution >= 4 is 43.6 Å². The molecule has 13 aromatic rings. The van der Waals surface area contributed by atoms with Crippen molar-refractivity contribution in [1.29, 1.82) is 0 Å². The van der Waals surface area contributed by atoms with Crippen molar-refractivity contribution < 1.29 is 4.42 Å². The van der Waals surface area contributed by atoms with E-state index in [-0.39, 0.29) is 0 Å². The highest BCUT2D eigenvalue weighted by atomic mass is 16.3. The second-order valence-corrected chi connectivity index (χ2v) is 17.5. The molecule has 322 valence electrons. The van der Waals surface area contributed by atoms with Gasteiger partial charge < -0.3 is 4.42 Å². The molecule has 69 heavy (non-hydrogen) atoms. The van der Waals surface area contributed by atoms with Crippen molar-refractivity contribution in [2.45, 2.75) is 0 Å². The summed E-state index contributed by atoms with van der Waals surface area (Å²) in [6.07, 6.45) is 0. The highest BCUT2D eigenvalue weighted by Crippen LogP contribution is 2.47. The summed E-state index contributed by atoms with van der Waals surface area (Å²) in [6, 6.07) is 87.5. The molecule has 13 rings (SSSR count). The van der Waals surface area contributed by atoms with Gasteiger partial charge in [0, 0.05) is 54.7 Å². The molecule has 0 saturated heterocycles. The molecule has 3 aromatic heterocycles. The van der Waals surface area contributed by atoms with Gasteiger partial charge in [-0.1, -0.05) is 200 Å². The average molecular weight is 880 g/mol. The number of hydrogen-bond donors (Lipinski definition) is 0. The Morgan fingerprint density at radius 2 is 0.710 bits per heavy atom. The minimum absolute atomic E-state index is 0.656. The molecule has 0 fully saturated rings. The molecular formula is C65H41N3O. The van der Waals surface area contributed by atoms with Crippen molar-refractivity contribution in [3.63, 3.8) is 0 Å². The fourth-order valence-electron chi connectivity index (χ4n) is 9.96. The van der Waals surface area contributed by atoms with Crippen molar-refractivity contribution in [3.8, 4) is 89.7 Å². The van der Waals surface area contributed by atoms with Gasteiger partial charge >= 0.3 is 0 Å². The van der Waals surface area contributed by atoms with Crippen LogP contribution in [0.1, 0.15) is 0 Å². The first-order valence-electron chi connectivity index (χ1n) is 23.3. The summed E-state index contributed by atoms with van der Waals surface area (Å²) in [5.74, 6) is 0.656. The zero-order chi connectivity index (χ0) is 45.7. The van der Waals surface area contributed by atoms with Crippen LogP contribution < -0.4 is 0 Å². The number of pyridine rings is 1. The van der Waals surface area contributed by atoms with Crippen LogP contribution >= 0.6 is 0 Å². The van der Waals surface area contributed by atoms with Crippen LogP contribution in [0.2, 0.25) is 0 Å². The Kier molecular flexibility index (Phi) is 9.80. The number of rotatable bonds is 8. The summed E-state index contributed by atoms with van der Waals surface area (Å²) in [4.78, 5) is 16.0. The van der Waals surface area contributed by atoms with E-state index in [0.29, 0.717) is 5.82 Å². The monoisotopic (exact) mass is 879 g/mol. The molecule has 4 nitrogen and oxygen atoms in total. The lowest BCUT2D eigenvalue weighted by molar-refractivity contribution is 0.669. The van der Waals surface area contributed by atoms with Gasteiger partial charge in [-0.2, -0.15) is 0 Å². The standard InChI is InChI=1S/C65H41N3O/c1-4-18-42(19-5-1)45-24-14-28-49(36-45)57-41-58(50-29-15-25-46(37-50)43-20-6-2-7-21-43)68-65(67-57)52-31-17-27-48(39-52)47-26-16-30-51(38-47)61-62-53-32-10-12-34-56(53)66-64(44-22-8-3-9-23-44)55(62)40-60-63(61)54-33-11-13-35-59(54)69-60/h1-41H. The van der Waals surface area contributed by atoms with Gasteiger partial charge in [0.1, 0.15) is 11.2 Å². The number of fused-ring (bicyclic) bond motifs is 6. The first-order valence-corrected chi connectivity index (χ1v) is 23.3. The number of para-hydroxylation sites is 2. The zero-order valence-corrected chi connectivity index (χ0v) is 37.4. The molecule has 0 saturated carbocycles. The van der Waals surface area contributed by atoms with E-state index in [4.69, 9.17) is 19.4 Å². The lowest BCUT2D eigenvalue weighted by atomic mass is 9.88. The second kappa shape index (κ2) is 16.9. The maximum atomic E-state index is 6.70. The van der Waals surface area contributed by atoms with Gasteiger partial charge in [0.25, 0.3) is 0 Å². The lowest BCUT2D eigenvalue weighted by Crippen LogP contribution is -1.97. The van der Waals surface area contributed by atoms with E-state index >= 15 is 0 Å². The van der Waals surface area contributed by atoms with Crippen LogP contribution in [0.5, 0.6) is 0 Å². The zero-order valence-electron chi connectivity index (χ0n) is 37.4. The molecule has 3 heterocycles. The quantitative estimate of drug-likeness (QED) is 0.143. The molecule has 4 heteroatoms. The fourth-order valence-corrected chi connectivity index (χ4v) is 9.96. The molecular weight excluding hydrogens is 839 g/mol. The summed E-state index contributed by atoms with van der Waals surface area (Å²) >= 11 is 0. The molecule has 0 amide bonds. The first kappa shape index (κ1) is 40.1. The van der Waals surface area contributed by atoms with Crippen LogP contribution in [0.15, 0.2) is 253 Å². The molecule has 0 aliphatic heterocycles. The molecule has 0 aliphatic rings. The van der Waals surface area contributed by atoms with E-state index in [1.54, 1.807) is 0 Å². The Hall–Kier alpha value is -9.25. The second-order valence-electron chi connectivity index (χ2n) is 17.5. The Morgan fingerprint density at radius 3 is 1.33 bits per heavy atom. The number of hydrogen-bond acceptors (Lipinski definition) is 4. The van der Waals surface area contributed by atoms with Crippen molar-refractivity contribution in [2.24, 2.45) is 0 Å². The normalized spacial score (nSPS) is 11.5. The van der Waals surface area contributed by atoms with Gasteiger partial charge in [-0.25, -0.2) is 15.0 Å². The topological polar surface area (TPSA) is 51.8 Å². The molecule has 0 aliphatic carbocycles. The van der Waals surface area contributed by atoms with Gasteiger partial charge in [0.05, 0.1) is 22.6 Å². The van der Waals surface area contributed by atoms with Crippen LogP contribution in [0, 0.1) is 0 Å². The van der Waals surface area contributed by atoms with E-state index < -0.39 is 0 Å². The van der Waals surface area contributed by atoms with Crippen LogP contribution in [0.4, 0.5) is 0 Å². The Balaban J connectivity index is 0.987. The molecule has 0 radical (unpaired) electrons. The van der Waals surface area contributed by atoms with Gasteiger partial charge in [-0.15, -0.1) is 0 Å². The molecule has 0 unspecified atom stereocenters. The van der Waals surface area contributed by atoms with Crippen LogP contribution in [0.3, 0.4) is 0 Å². The molecule has 0 spiro atoms. The number of nitrogens with zero attached hydrogens (tertiary/aromatic N) is 3. The third-order valence-electron chi connectivity index (χ3n) is 13.2. The fraction of sp³-hybridized carbons (Fsp3) is 0. The number of furan rings is 1. The Bertz CT molecular complexity index is 3970. The van der Waals surface area contributed by atoms with Crippen LogP contribution in [-0.2, 0) is 0 Å². The molecule has 10 aromatic carbocycles. The van der Waals surface area contributed by atoms with Crippen molar-refractivity contribution in [1.82, 2.24) is 15.0 Å². The largest absolute Gasteiger partial charge is 0.456 e. The minimum Gasteiger partial charge on any atom is -0.456 e. The minimum atomic E-state index is 0.656. The smallest absolute Gasteiger partial charge is 0.160 e. The van der Waals surface area contributed by atoms with Crippen LogP contribution in [0.25, 0.3) is 133 Å². The number of benzene rings is 10. The maximum Gasteiger partial charge on any atom is 0.160 e. The van der Waals surface area contributed by atoms with Gasteiger partial charge in [0.15, 0.2) is 5.82 Å². The van der Waals surface area contributed by atoms with E-state index in [1.165, 1.54) is 0 Å². The van der Waals surface area contributed by atoms with Crippen molar-refractivity contribution in [3.05, 3.63) is 249 Å². The summed E-state index contributed by atoms with van der Waals surface area (Å²) in [7, 11) is 0. The van der Waals surface area contributed by atoms with E-state index in [9.17, 15) is 0 Å². The SMILES string of the molecule is c1ccc(-c2cccc(-c3cc(-c4cccc(-c5ccccc5)c4)nc(-c4cccc(-c5cccc(-c6c7c(cc8c(-c9ccccc9)nc9ccccc9c68)oc6ccccc67)c5)c4)n3)c2)cc1. The van der Waals surface area contributed by atoms with Gasteiger partial charge in [-0.05, 0) is 87.5 Å². The highest BCUT2D eigenvalue weighted by Gasteiger charge is 2.22. The Labute approximate surface area is 399 Å². The molecule has 0 N–H and O–H groups in total. The number of aromatic nitrogens is 3. The third kappa shape index (κ3) is 7.32. The highest BCUT2D eigenvalue weighted by molar-refractivity contribution is 6.27. The van der Waals surface area contributed by atoms with Crippen LogP contribution in [-0.4, -0.2) is 15.0 Å². The predicted octanol–water partition coefficient (Wildman–Crippen LogP) is 17.4. The predicted molar refractivity (Wildman–Crippen MR) is 286 cm³/mol. The maximum absolute atomic E-state index is 6.70. The summed E-state index contributed by atoms with van der Waals surface area (Å²) in [5.41, 5.74) is 18.2. The molecule has 0 bridgehead atoms. The van der Waals surface area contributed by atoms with Gasteiger partial charge in [-0.3, -0.25) is 0 Å². The average Bonchev–Trinajstić information content (AvgIpc) is 3.81. The van der Waals surface area contributed by atoms with E-state index in [1.807, 2.05) is 12.1 Å². The molecule has 0 atom stereocenters. The first-order chi connectivity index (χ1) is 34.2. The van der Waals surface area contributed by atoms with Gasteiger partial charge in [0.2, 0.25) is 0 Å². The Morgan fingerprint density at radius 1 is 0.261 bits per heavy atom. The summed E-state index contributed by atoms with van der Waals surface area (Å²) in [5, 5.41) is 5.46. The van der Waals surface area contributed by atoms with Crippen molar-refractivity contribution in [2.75, 3.05) is 0 Å². The third-order valence-corrected chi connectivity index (χ3v) is 13.2. The summed E-state index contributed by atoms with van der Waals surface area (Å²) < 4.78 is 6.70.